The molecule has 0 atom stereocenters. The van der Waals surface area contributed by atoms with E-state index in [1.54, 1.807) is 6.07 Å². The summed E-state index contributed by atoms with van der Waals surface area (Å²) >= 11 is 3.21. The van der Waals surface area contributed by atoms with Crippen LogP contribution >= 0.6 is 15.9 Å². The molecule has 0 fully saturated rings. The number of halogens is 2. The van der Waals surface area contributed by atoms with Gasteiger partial charge in [-0.25, -0.2) is 4.39 Å². The van der Waals surface area contributed by atoms with Crippen molar-refractivity contribution in [1.29, 1.82) is 0 Å². The summed E-state index contributed by atoms with van der Waals surface area (Å²) in [6.07, 6.45) is 0. The SMILES string of the molecule is Nc1cc(F)c(Br)cc1N1Cc2ccccc2C1. The summed E-state index contributed by atoms with van der Waals surface area (Å²) in [5.41, 5.74) is 9.86. The van der Waals surface area contributed by atoms with E-state index < -0.39 is 0 Å². The zero-order chi connectivity index (χ0) is 12.7. The molecule has 92 valence electrons. The van der Waals surface area contributed by atoms with Gasteiger partial charge in [-0.15, -0.1) is 0 Å². The number of anilines is 2. The minimum atomic E-state index is -0.326. The van der Waals surface area contributed by atoms with Gasteiger partial charge >= 0.3 is 0 Å². The summed E-state index contributed by atoms with van der Waals surface area (Å²) in [5.74, 6) is -0.326. The van der Waals surface area contributed by atoms with Gasteiger partial charge in [0.2, 0.25) is 0 Å². The molecule has 4 heteroatoms. The number of hydrogen-bond acceptors (Lipinski definition) is 2. The number of nitrogens with zero attached hydrogens (tertiary/aromatic N) is 1. The molecule has 0 saturated carbocycles. The molecular weight excluding hydrogens is 295 g/mol. The molecule has 0 aromatic heterocycles. The second kappa shape index (κ2) is 4.28. The highest BCUT2D eigenvalue weighted by Crippen LogP contribution is 2.35. The maximum Gasteiger partial charge on any atom is 0.139 e. The third kappa shape index (κ3) is 1.86. The first-order valence-corrected chi connectivity index (χ1v) is 6.50. The second-order valence-corrected chi connectivity index (χ2v) is 5.30. The lowest BCUT2D eigenvalue weighted by Gasteiger charge is -2.20. The molecule has 0 unspecified atom stereocenters. The van der Waals surface area contributed by atoms with Crippen LogP contribution in [-0.2, 0) is 13.1 Å². The Morgan fingerprint density at radius 3 is 2.33 bits per heavy atom. The van der Waals surface area contributed by atoms with Crippen molar-refractivity contribution in [3.05, 3.63) is 57.8 Å². The van der Waals surface area contributed by atoms with E-state index in [4.69, 9.17) is 5.73 Å². The van der Waals surface area contributed by atoms with E-state index in [0.29, 0.717) is 10.2 Å². The quantitative estimate of drug-likeness (QED) is 0.814. The molecule has 1 aliphatic rings. The number of nitrogens with two attached hydrogens (primary N) is 1. The van der Waals surface area contributed by atoms with Crippen molar-refractivity contribution in [1.82, 2.24) is 0 Å². The van der Waals surface area contributed by atoms with Crippen molar-refractivity contribution >= 4 is 27.3 Å². The van der Waals surface area contributed by atoms with Crippen molar-refractivity contribution in [2.45, 2.75) is 13.1 Å². The average molecular weight is 307 g/mol. The lowest BCUT2D eigenvalue weighted by molar-refractivity contribution is 0.621. The minimum Gasteiger partial charge on any atom is -0.397 e. The molecule has 0 radical (unpaired) electrons. The first-order valence-electron chi connectivity index (χ1n) is 5.71. The fraction of sp³-hybridized carbons (Fsp3) is 0.143. The molecule has 0 spiro atoms. The van der Waals surface area contributed by atoms with Crippen molar-refractivity contribution in [2.24, 2.45) is 0 Å². The summed E-state index contributed by atoms with van der Waals surface area (Å²) in [4.78, 5) is 2.16. The Morgan fingerprint density at radius 1 is 1.11 bits per heavy atom. The van der Waals surface area contributed by atoms with Crippen LogP contribution < -0.4 is 10.6 Å². The van der Waals surface area contributed by atoms with Crippen LogP contribution in [0.2, 0.25) is 0 Å². The highest BCUT2D eigenvalue weighted by Gasteiger charge is 2.21. The highest BCUT2D eigenvalue weighted by molar-refractivity contribution is 9.10. The van der Waals surface area contributed by atoms with Gasteiger partial charge in [0.1, 0.15) is 5.82 Å². The van der Waals surface area contributed by atoms with Crippen LogP contribution in [0.25, 0.3) is 0 Å². The maximum atomic E-state index is 13.4. The molecule has 2 aromatic rings. The first-order chi connectivity index (χ1) is 8.65. The number of nitrogen functional groups attached to an aromatic ring is 1. The predicted octanol–water partition coefficient (Wildman–Crippen LogP) is 3.69. The van der Waals surface area contributed by atoms with Gasteiger partial charge < -0.3 is 10.6 Å². The number of fused-ring (bicyclic) bond motifs is 1. The standard InChI is InChI=1S/C14H12BrFN2/c15-11-5-14(13(17)6-12(11)16)18-7-9-3-1-2-4-10(9)8-18/h1-6H,7-8,17H2. The van der Waals surface area contributed by atoms with E-state index in [9.17, 15) is 4.39 Å². The van der Waals surface area contributed by atoms with Crippen LogP contribution in [0, 0.1) is 5.82 Å². The molecule has 18 heavy (non-hydrogen) atoms. The van der Waals surface area contributed by atoms with E-state index in [1.165, 1.54) is 17.2 Å². The van der Waals surface area contributed by atoms with Gasteiger partial charge in [0.15, 0.2) is 0 Å². The summed E-state index contributed by atoms with van der Waals surface area (Å²) in [7, 11) is 0. The van der Waals surface area contributed by atoms with E-state index in [2.05, 4.69) is 33.0 Å². The molecule has 1 heterocycles. The van der Waals surface area contributed by atoms with Crippen LogP contribution in [-0.4, -0.2) is 0 Å². The Hall–Kier alpha value is -1.55. The van der Waals surface area contributed by atoms with Gasteiger partial charge in [-0.05, 0) is 33.1 Å². The third-order valence-electron chi connectivity index (χ3n) is 3.25. The smallest absolute Gasteiger partial charge is 0.139 e. The molecular formula is C14H12BrFN2. The van der Waals surface area contributed by atoms with Crippen LogP contribution in [0.15, 0.2) is 40.9 Å². The molecule has 2 aromatic carbocycles. The minimum absolute atomic E-state index is 0.326. The fourth-order valence-electron chi connectivity index (χ4n) is 2.33. The van der Waals surface area contributed by atoms with Gasteiger partial charge in [0, 0.05) is 19.2 Å². The topological polar surface area (TPSA) is 29.3 Å². The Morgan fingerprint density at radius 2 is 1.72 bits per heavy atom. The molecule has 0 bridgehead atoms. The number of hydrogen-bond donors (Lipinski definition) is 1. The van der Waals surface area contributed by atoms with Gasteiger partial charge in [-0.3, -0.25) is 0 Å². The van der Waals surface area contributed by atoms with Crippen molar-refractivity contribution < 1.29 is 4.39 Å². The summed E-state index contributed by atoms with van der Waals surface area (Å²) in [5, 5.41) is 0. The van der Waals surface area contributed by atoms with Gasteiger partial charge in [-0.2, -0.15) is 0 Å². The first kappa shape index (κ1) is 11.5. The molecule has 2 N–H and O–H groups in total. The van der Waals surface area contributed by atoms with Crippen LogP contribution in [0.4, 0.5) is 15.8 Å². The second-order valence-electron chi connectivity index (χ2n) is 4.45. The summed E-state index contributed by atoms with van der Waals surface area (Å²) in [6.45, 7) is 1.64. The Bertz CT molecular complexity index is 588. The summed E-state index contributed by atoms with van der Waals surface area (Å²) in [6, 6.07) is 11.4. The summed E-state index contributed by atoms with van der Waals surface area (Å²) < 4.78 is 13.8. The maximum absolute atomic E-state index is 13.4. The molecule has 2 nitrogen and oxygen atoms in total. The Labute approximate surface area is 113 Å². The zero-order valence-corrected chi connectivity index (χ0v) is 11.2. The number of benzene rings is 2. The largest absolute Gasteiger partial charge is 0.397 e. The lowest BCUT2D eigenvalue weighted by atomic mass is 10.1. The molecule has 1 aliphatic heterocycles. The zero-order valence-electron chi connectivity index (χ0n) is 9.66. The van der Waals surface area contributed by atoms with Crippen LogP contribution in [0.3, 0.4) is 0 Å². The van der Waals surface area contributed by atoms with Crippen LogP contribution in [0.1, 0.15) is 11.1 Å². The van der Waals surface area contributed by atoms with E-state index in [0.717, 1.165) is 18.8 Å². The monoisotopic (exact) mass is 306 g/mol. The highest BCUT2D eigenvalue weighted by atomic mass is 79.9. The Kier molecular flexibility index (Phi) is 2.74. The molecule has 0 saturated heterocycles. The predicted molar refractivity (Wildman–Crippen MR) is 74.8 cm³/mol. The van der Waals surface area contributed by atoms with Crippen molar-refractivity contribution in [3.8, 4) is 0 Å². The Balaban J connectivity index is 1.97. The van der Waals surface area contributed by atoms with E-state index >= 15 is 0 Å². The van der Waals surface area contributed by atoms with Crippen molar-refractivity contribution in [2.75, 3.05) is 10.6 Å². The van der Waals surface area contributed by atoms with Gasteiger partial charge in [0.25, 0.3) is 0 Å². The lowest BCUT2D eigenvalue weighted by Crippen LogP contribution is -2.16. The van der Waals surface area contributed by atoms with Gasteiger partial charge in [0.05, 0.1) is 15.8 Å². The number of rotatable bonds is 1. The molecule has 0 amide bonds. The van der Waals surface area contributed by atoms with Crippen LogP contribution in [0.5, 0.6) is 0 Å². The average Bonchev–Trinajstić information content (AvgIpc) is 2.77. The molecule has 0 aliphatic carbocycles. The van der Waals surface area contributed by atoms with E-state index in [-0.39, 0.29) is 5.82 Å². The molecule has 3 rings (SSSR count). The van der Waals surface area contributed by atoms with E-state index in [1.807, 2.05) is 12.1 Å². The normalized spacial score (nSPS) is 13.8. The fourth-order valence-corrected chi connectivity index (χ4v) is 2.66. The van der Waals surface area contributed by atoms with Gasteiger partial charge in [-0.1, -0.05) is 24.3 Å². The third-order valence-corrected chi connectivity index (χ3v) is 3.86. The van der Waals surface area contributed by atoms with Crippen molar-refractivity contribution in [3.63, 3.8) is 0 Å².